The van der Waals surface area contributed by atoms with E-state index in [1.54, 1.807) is 36.4 Å². The van der Waals surface area contributed by atoms with Gasteiger partial charge in [0.1, 0.15) is 0 Å². The van der Waals surface area contributed by atoms with Gasteiger partial charge in [-0.15, -0.1) is 0 Å². The van der Waals surface area contributed by atoms with Crippen LogP contribution in [0.2, 0.25) is 0 Å². The molecule has 5 rings (SSSR count). The molecule has 3 aromatic carbocycles. The molecular formula is C26H21N3O4. The summed E-state index contributed by atoms with van der Waals surface area (Å²) in [4.78, 5) is 30.1. The van der Waals surface area contributed by atoms with Gasteiger partial charge in [-0.05, 0) is 74.0 Å². The highest BCUT2D eigenvalue weighted by Crippen LogP contribution is 2.33. The Balaban J connectivity index is 1.33. The predicted octanol–water partition coefficient (Wildman–Crippen LogP) is 5.08. The van der Waals surface area contributed by atoms with E-state index in [1.165, 1.54) is 0 Å². The molecule has 1 aliphatic heterocycles. The van der Waals surface area contributed by atoms with Crippen LogP contribution < -0.4 is 20.1 Å². The minimum Gasteiger partial charge on any atom is -0.454 e. The van der Waals surface area contributed by atoms with E-state index in [-0.39, 0.29) is 18.6 Å². The first-order valence-electron chi connectivity index (χ1n) is 10.5. The van der Waals surface area contributed by atoms with Crippen LogP contribution in [0.1, 0.15) is 32.0 Å². The Morgan fingerprint density at radius 3 is 2.42 bits per heavy atom. The molecule has 0 radical (unpaired) electrons. The van der Waals surface area contributed by atoms with Crippen molar-refractivity contribution in [3.8, 4) is 11.5 Å². The number of rotatable bonds is 4. The SMILES string of the molecule is Cc1ccc2cc(C(=O)Nc3cc(NC(=O)c4ccc5c(c4)OCO5)ccc3C)ccc2n1. The van der Waals surface area contributed by atoms with Crippen LogP contribution in [0.4, 0.5) is 11.4 Å². The zero-order chi connectivity index (χ0) is 22.9. The maximum Gasteiger partial charge on any atom is 0.255 e. The van der Waals surface area contributed by atoms with E-state index in [2.05, 4.69) is 15.6 Å². The molecule has 2 amide bonds. The number of anilines is 2. The van der Waals surface area contributed by atoms with Crippen LogP contribution in [0, 0.1) is 13.8 Å². The van der Waals surface area contributed by atoms with E-state index in [1.807, 2.05) is 44.2 Å². The standard InChI is InChI=1S/C26H21N3O4/c1-15-3-8-20(28-25(30)19-7-10-23-24(12-19)33-14-32-23)13-22(15)29-26(31)18-6-9-21-17(11-18)5-4-16(2)27-21/h3-13H,14H2,1-2H3,(H,28,30)(H,29,31). The van der Waals surface area contributed by atoms with Gasteiger partial charge in [-0.1, -0.05) is 12.1 Å². The van der Waals surface area contributed by atoms with E-state index in [9.17, 15) is 9.59 Å². The van der Waals surface area contributed by atoms with Gasteiger partial charge in [-0.3, -0.25) is 14.6 Å². The number of hydrogen-bond donors (Lipinski definition) is 2. The normalized spacial score (nSPS) is 11.9. The predicted molar refractivity (Wildman–Crippen MR) is 126 cm³/mol. The molecule has 1 aromatic heterocycles. The molecule has 0 unspecified atom stereocenters. The molecular weight excluding hydrogens is 418 g/mol. The molecule has 0 bridgehead atoms. The zero-order valence-corrected chi connectivity index (χ0v) is 18.1. The first kappa shape index (κ1) is 20.5. The second-order valence-corrected chi connectivity index (χ2v) is 7.87. The molecule has 7 heteroatoms. The van der Waals surface area contributed by atoms with E-state index in [0.717, 1.165) is 22.2 Å². The first-order valence-corrected chi connectivity index (χ1v) is 10.5. The highest BCUT2D eigenvalue weighted by atomic mass is 16.7. The van der Waals surface area contributed by atoms with Crippen molar-refractivity contribution in [2.75, 3.05) is 17.4 Å². The van der Waals surface area contributed by atoms with Gasteiger partial charge in [0, 0.05) is 33.6 Å². The number of nitrogens with zero attached hydrogens (tertiary/aromatic N) is 1. The Labute approximate surface area is 190 Å². The van der Waals surface area contributed by atoms with Gasteiger partial charge in [0.25, 0.3) is 11.8 Å². The molecule has 0 saturated carbocycles. The lowest BCUT2D eigenvalue weighted by Crippen LogP contribution is -2.15. The molecule has 0 fully saturated rings. The third-order valence-corrected chi connectivity index (χ3v) is 5.47. The van der Waals surface area contributed by atoms with Crippen LogP contribution in [0.15, 0.2) is 66.7 Å². The number of nitrogens with one attached hydrogen (secondary N) is 2. The lowest BCUT2D eigenvalue weighted by Gasteiger charge is -2.12. The fraction of sp³-hybridized carbons (Fsp3) is 0.115. The highest BCUT2D eigenvalue weighted by molar-refractivity contribution is 6.08. The number of hydrogen-bond acceptors (Lipinski definition) is 5. The Hall–Kier alpha value is -4.39. The van der Waals surface area contributed by atoms with Crippen LogP contribution in [-0.4, -0.2) is 23.6 Å². The molecule has 164 valence electrons. The fourth-order valence-corrected chi connectivity index (χ4v) is 3.64. The Kier molecular flexibility index (Phi) is 5.14. The molecule has 7 nitrogen and oxygen atoms in total. The minimum atomic E-state index is -0.285. The lowest BCUT2D eigenvalue weighted by atomic mass is 10.1. The molecule has 2 N–H and O–H groups in total. The number of amides is 2. The number of carbonyl (C=O) groups excluding carboxylic acids is 2. The second-order valence-electron chi connectivity index (χ2n) is 7.87. The molecule has 4 aromatic rings. The number of pyridine rings is 1. The molecule has 0 spiro atoms. The average molecular weight is 439 g/mol. The van der Waals surface area contributed by atoms with Crippen molar-refractivity contribution in [2.45, 2.75) is 13.8 Å². The Morgan fingerprint density at radius 2 is 1.55 bits per heavy atom. The summed E-state index contributed by atoms with van der Waals surface area (Å²) in [7, 11) is 0. The van der Waals surface area contributed by atoms with Gasteiger partial charge >= 0.3 is 0 Å². The Bertz CT molecular complexity index is 1410. The summed E-state index contributed by atoms with van der Waals surface area (Å²) in [5, 5.41) is 6.71. The average Bonchev–Trinajstić information content (AvgIpc) is 3.28. The third kappa shape index (κ3) is 4.21. The van der Waals surface area contributed by atoms with Crippen LogP contribution in [0.3, 0.4) is 0 Å². The van der Waals surface area contributed by atoms with Gasteiger partial charge < -0.3 is 20.1 Å². The van der Waals surface area contributed by atoms with Crippen LogP contribution >= 0.6 is 0 Å². The summed E-state index contributed by atoms with van der Waals surface area (Å²) >= 11 is 0. The van der Waals surface area contributed by atoms with Crippen molar-refractivity contribution in [3.63, 3.8) is 0 Å². The van der Waals surface area contributed by atoms with Crippen LogP contribution in [0.5, 0.6) is 11.5 Å². The molecule has 0 atom stereocenters. The molecule has 1 aliphatic rings. The van der Waals surface area contributed by atoms with Crippen molar-refractivity contribution in [1.82, 2.24) is 4.98 Å². The fourth-order valence-electron chi connectivity index (χ4n) is 3.64. The van der Waals surface area contributed by atoms with Gasteiger partial charge in [-0.2, -0.15) is 0 Å². The quantitative estimate of drug-likeness (QED) is 0.463. The number of benzene rings is 3. The number of carbonyl (C=O) groups is 2. The second kappa shape index (κ2) is 8.27. The summed E-state index contributed by atoms with van der Waals surface area (Å²) < 4.78 is 10.6. The van der Waals surface area contributed by atoms with Gasteiger partial charge in [0.05, 0.1) is 5.52 Å². The number of aryl methyl sites for hydroxylation is 2. The van der Waals surface area contributed by atoms with Gasteiger partial charge in [-0.25, -0.2) is 0 Å². The maximum absolute atomic E-state index is 12.9. The van der Waals surface area contributed by atoms with Crippen LogP contribution in [0.25, 0.3) is 10.9 Å². The van der Waals surface area contributed by atoms with Crippen molar-refractivity contribution < 1.29 is 19.1 Å². The molecule has 33 heavy (non-hydrogen) atoms. The monoisotopic (exact) mass is 439 g/mol. The van der Waals surface area contributed by atoms with E-state index in [0.29, 0.717) is 34.0 Å². The molecule has 0 saturated heterocycles. The van der Waals surface area contributed by atoms with Crippen molar-refractivity contribution >= 4 is 34.1 Å². The first-order chi connectivity index (χ1) is 16.0. The summed E-state index contributed by atoms with van der Waals surface area (Å²) in [6.07, 6.45) is 0. The van der Waals surface area contributed by atoms with Crippen molar-refractivity contribution in [2.24, 2.45) is 0 Å². The van der Waals surface area contributed by atoms with Gasteiger partial charge in [0.15, 0.2) is 11.5 Å². The molecule has 0 aliphatic carbocycles. The summed E-state index contributed by atoms with van der Waals surface area (Å²) in [5.41, 5.74) is 4.81. The number of aromatic nitrogens is 1. The molecule has 2 heterocycles. The Morgan fingerprint density at radius 1 is 0.788 bits per heavy atom. The van der Waals surface area contributed by atoms with E-state index >= 15 is 0 Å². The van der Waals surface area contributed by atoms with Crippen molar-refractivity contribution in [3.05, 3.63) is 89.1 Å². The van der Waals surface area contributed by atoms with E-state index < -0.39 is 0 Å². The third-order valence-electron chi connectivity index (χ3n) is 5.47. The maximum atomic E-state index is 12.9. The number of ether oxygens (including phenoxy) is 2. The summed E-state index contributed by atoms with van der Waals surface area (Å²) in [6.45, 7) is 3.97. The minimum absolute atomic E-state index is 0.148. The van der Waals surface area contributed by atoms with E-state index in [4.69, 9.17) is 9.47 Å². The highest BCUT2D eigenvalue weighted by Gasteiger charge is 2.17. The van der Waals surface area contributed by atoms with Crippen LogP contribution in [-0.2, 0) is 0 Å². The smallest absolute Gasteiger partial charge is 0.255 e. The topological polar surface area (TPSA) is 89.6 Å². The summed E-state index contributed by atoms with van der Waals surface area (Å²) in [5.74, 6) is 0.637. The lowest BCUT2D eigenvalue weighted by molar-refractivity contribution is 0.101. The number of fused-ring (bicyclic) bond motifs is 2. The largest absolute Gasteiger partial charge is 0.454 e. The van der Waals surface area contributed by atoms with Crippen molar-refractivity contribution in [1.29, 1.82) is 0 Å². The zero-order valence-electron chi connectivity index (χ0n) is 18.1. The van der Waals surface area contributed by atoms with Gasteiger partial charge in [0.2, 0.25) is 6.79 Å². The summed E-state index contributed by atoms with van der Waals surface area (Å²) in [6, 6.07) is 19.7.